The molecule has 0 atom stereocenters. The van der Waals surface area contributed by atoms with Crippen molar-refractivity contribution in [3.05, 3.63) is 53.8 Å². The molecule has 6 nitrogen and oxygen atoms in total. The second kappa shape index (κ2) is 8.20. The van der Waals surface area contributed by atoms with Crippen LogP contribution in [0.4, 0.5) is 15.2 Å². The smallest absolute Gasteiger partial charge is 0.254 e. The van der Waals surface area contributed by atoms with Crippen LogP contribution in [0.5, 0.6) is 0 Å². The van der Waals surface area contributed by atoms with Gasteiger partial charge in [0.1, 0.15) is 5.82 Å². The summed E-state index contributed by atoms with van der Waals surface area (Å²) >= 11 is 1.63. The van der Waals surface area contributed by atoms with E-state index in [4.69, 9.17) is 9.72 Å². The Bertz CT molecular complexity index is 1040. The second-order valence-electron chi connectivity index (χ2n) is 7.53. The molecule has 3 aromatic rings. The lowest BCUT2D eigenvalue weighted by atomic mass is 10.1. The molecule has 8 heteroatoms. The molecular weight excluding hydrogens is 403 g/mol. The van der Waals surface area contributed by atoms with Crippen LogP contribution in [0.1, 0.15) is 10.4 Å². The number of piperazine rings is 1. The van der Waals surface area contributed by atoms with E-state index in [2.05, 4.69) is 9.80 Å². The number of rotatable bonds is 3. The molecule has 0 bridgehead atoms. The molecule has 2 aromatic carbocycles. The maximum absolute atomic E-state index is 13.1. The highest BCUT2D eigenvalue weighted by Crippen LogP contribution is 2.30. The first kappa shape index (κ1) is 19.3. The molecule has 2 fully saturated rings. The minimum atomic E-state index is -0.234. The van der Waals surface area contributed by atoms with Crippen molar-refractivity contribution in [1.29, 1.82) is 0 Å². The van der Waals surface area contributed by atoms with Crippen molar-refractivity contribution in [3.63, 3.8) is 0 Å². The number of morpholine rings is 1. The van der Waals surface area contributed by atoms with E-state index in [0.29, 0.717) is 18.7 Å². The highest BCUT2D eigenvalue weighted by Gasteiger charge is 2.23. The van der Waals surface area contributed by atoms with E-state index in [1.165, 1.54) is 12.1 Å². The zero-order chi connectivity index (χ0) is 20.5. The predicted molar refractivity (Wildman–Crippen MR) is 117 cm³/mol. The number of carbonyl (C=O) groups is 1. The van der Waals surface area contributed by atoms with Crippen LogP contribution in [0, 0.1) is 5.82 Å². The fourth-order valence-electron chi connectivity index (χ4n) is 3.94. The monoisotopic (exact) mass is 426 g/mol. The Morgan fingerprint density at radius 1 is 0.933 bits per heavy atom. The number of hydrogen-bond donors (Lipinski definition) is 0. The summed E-state index contributed by atoms with van der Waals surface area (Å²) in [6, 6.07) is 12.3. The quantitative estimate of drug-likeness (QED) is 0.644. The number of aromatic nitrogens is 1. The van der Waals surface area contributed by atoms with Crippen LogP contribution < -0.4 is 9.80 Å². The zero-order valence-corrected chi connectivity index (χ0v) is 17.4. The van der Waals surface area contributed by atoms with Gasteiger partial charge in [0.05, 0.1) is 23.4 Å². The maximum atomic E-state index is 13.1. The molecule has 2 aliphatic heterocycles. The molecule has 1 amide bonds. The number of hydrogen-bond acceptors (Lipinski definition) is 6. The highest BCUT2D eigenvalue weighted by atomic mass is 32.1. The van der Waals surface area contributed by atoms with Crippen molar-refractivity contribution in [2.75, 3.05) is 62.3 Å². The van der Waals surface area contributed by atoms with E-state index in [-0.39, 0.29) is 11.7 Å². The number of amides is 1. The van der Waals surface area contributed by atoms with Crippen LogP contribution >= 0.6 is 11.3 Å². The van der Waals surface area contributed by atoms with Crippen LogP contribution in [0.25, 0.3) is 10.2 Å². The van der Waals surface area contributed by atoms with Crippen LogP contribution in [-0.4, -0.2) is 68.3 Å². The molecule has 1 aromatic heterocycles. The Morgan fingerprint density at radius 2 is 1.67 bits per heavy atom. The average Bonchev–Trinajstić information content (AvgIpc) is 3.23. The SMILES string of the molecule is O=C(c1ccc2nc(N3CCOCC3)sc2c1)N1CCN(c2ccc(F)cc2)CC1. The Labute approximate surface area is 178 Å². The molecular formula is C22H23FN4O2S. The number of ether oxygens (including phenoxy) is 1. The minimum absolute atomic E-state index is 0.0528. The summed E-state index contributed by atoms with van der Waals surface area (Å²) < 4.78 is 19.6. The van der Waals surface area contributed by atoms with Crippen LogP contribution in [0.15, 0.2) is 42.5 Å². The number of carbonyl (C=O) groups excluding carboxylic acids is 1. The van der Waals surface area contributed by atoms with Crippen molar-refractivity contribution in [2.45, 2.75) is 0 Å². The summed E-state index contributed by atoms with van der Waals surface area (Å²) in [6.45, 7) is 5.93. The van der Waals surface area contributed by atoms with Gasteiger partial charge in [0, 0.05) is 50.5 Å². The van der Waals surface area contributed by atoms with Gasteiger partial charge in [0.25, 0.3) is 5.91 Å². The number of benzene rings is 2. The van der Waals surface area contributed by atoms with Gasteiger partial charge >= 0.3 is 0 Å². The molecule has 2 aliphatic rings. The average molecular weight is 427 g/mol. The molecule has 0 aliphatic carbocycles. The fourth-order valence-corrected chi connectivity index (χ4v) is 4.99. The molecule has 156 valence electrons. The van der Waals surface area contributed by atoms with Gasteiger partial charge in [-0.15, -0.1) is 0 Å². The topological polar surface area (TPSA) is 48.9 Å². The van der Waals surface area contributed by atoms with Crippen LogP contribution in [0.3, 0.4) is 0 Å². The lowest BCUT2D eigenvalue weighted by molar-refractivity contribution is 0.0747. The van der Waals surface area contributed by atoms with Crippen molar-refractivity contribution >= 4 is 38.3 Å². The summed E-state index contributed by atoms with van der Waals surface area (Å²) in [5.74, 6) is -0.181. The van der Waals surface area contributed by atoms with Gasteiger partial charge in [-0.1, -0.05) is 11.3 Å². The van der Waals surface area contributed by atoms with E-state index in [0.717, 1.165) is 60.4 Å². The van der Waals surface area contributed by atoms with Crippen LogP contribution in [0.2, 0.25) is 0 Å². The van der Waals surface area contributed by atoms with E-state index in [1.807, 2.05) is 23.1 Å². The number of anilines is 2. The zero-order valence-electron chi connectivity index (χ0n) is 16.6. The molecule has 0 N–H and O–H groups in total. The van der Waals surface area contributed by atoms with E-state index >= 15 is 0 Å². The van der Waals surface area contributed by atoms with Gasteiger partial charge in [0.2, 0.25) is 0 Å². The number of nitrogens with zero attached hydrogens (tertiary/aromatic N) is 4. The first-order valence-corrected chi connectivity index (χ1v) is 11.0. The number of halogens is 1. The Balaban J connectivity index is 1.27. The van der Waals surface area contributed by atoms with Gasteiger partial charge in [-0.3, -0.25) is 4.79 Å². The minimum Gasteiger partial charge on any atom is -0.378 e. The Hall–Kier alpha value is -2.71. The summed E-state index contributed by atoms with van der Waals surface area (Å²) in [5, 5.41) is 0.991. The van der Waals surface area contributed by atoms with Crippen molar-refractivity contribution in [3.8, 4) is 0 Å². The van der Waals surface area contributed by atoms with Gasteiger partial charge < -0.3 is 19.4 Å². The largest absolute Gasteiger partial charge is 0.378 e. The molecule has 0 radical (unpaired) electrons. The molecule has 0 unspecified atom stereocenters. The third kappa shape index (κ3) is 3.85. The van der Waals surface area contributed by atoms with E-state index in [9.17, 15) is 9.18 Å². The Kier molecular flexibility index (Phi) is 5.26. The number of thiazole rings is 1. The molecule has 5 rings (SSSR count). The second-order valence-corrected chi connectivity index (χ2v) is 8.54. The van der Waals surface area contributed by atoms with Crippen LogP contribution in [-0.2, 0) is 4.74 Å². The summed E-state index contributed by atoms with van der Waals surface area (Å²) in [5.41, 5.74) is 2.62. The Morgan fingerprint density at radius 3 is 2.40 bits per heavy atom. The van der Waals surface area contributed by atoms with Crippen molar-refractivity contribution < 1.29 is 13.9 Å². The summed E-state index contributed by atoms with van der Waals surface area (Å²) in [4.78, 5) is 24.1. The molecule has 30 heavy (non-hydrogen) atoms. The van der Waals surface area contributed by atoms with Gasteiger partial charge in [0.15, 0.2) is 5.13 Å². The highest BCUT2D eigenvalue weighted by molar-refractivity contribution is 7.22. The first-order chi connectivity index (χ1) is 14.7. The molecule has 3 heterocycles. The third-order valence-electron chi connectivity index (χ3n) is 5.66. The van der Waals surface area contributed by atoms with E-state index < -0.39 is 0 Å². The van der Waals surface area contributed by atoms with Gasteiger partial charge in [-0.05, 0) is 42.5 Å². The van der Waals surface area contributed by atoms with Crippen molar-refractivity contribution in [2.24, 2.45) is 0 Å². The standard InChI is InChI=1S/C22H23FN4O2S/c23-17-2-4-18(5-3-17)25-7-9-26(10-8-25)21(28)16-1-6-19-20(15-16)30-22(24-19)27-11-13-29-14-12-27/h1-6,15H,7-14H2. The van der Waals surface area contributed by atoms with E-state index in [1.54, 1.807) is 23.5 Å². The lowest BCUT2D eigenvalue weighted by Gasteiger charge is -2.36. The summed E-state index contributed by atoms with van der Waals surface area (Å²) in [6.07, 6.45) is 0. The predicted octanol–water partition coefficient (Wildman–Crippen LogP) is 3.23. The van der Waals surface area contributed by atoms with Gasteiger partial charge in [-0.2, -0.15) is 0 Å². The first-order valence-electron chi connectivity index (χ1n) is 10.2. The molecule has 0 saturated carbocycles. The number of fused-ring (bicyclic) bond motifs is 1. The third-order valence-corrected chi connectivity index (χ3v) is 6.74. The molecule has 0 spiro atoms. The normalized spacial score (nSPS) is 17.6. The lowest BCUT2D eigenvalue weighted by Crippen LogP contribution is -2.48. The van der Waals surface area contributed by atoms with Crippen molar-refractivity contribution in [1.82, 2.24) is 9.88 Å². The van der Waals surface area contributed by atoms with Gasteiger partial charge in [-0.25, -0.2) is 9.37 Å². The molecule has 2 saturated heterocycles. The maximum Gasteiger partial charge on any atom is 0.254 e. The summed E-state index contributed by atoms with van der Waals surface area (Å²) in [7, 11) is 0. The fraction of sp³-hybridized carbons (Fsp3) is 0.364.